The number of benzene rings is 3. The second kappa shape index (κ2) is 7.19. The summed E-state index contributed by atoms with van der Waals surface area (Å²) < 4.78 is 5.02. The predicted octanol–water partition coefficient (Wildman–Crippen LogP) is 3.48. The first-order chi connectivity index (χ1) is 13.6. The Morgan fingerprint density at radius 1 is 0.893 bits per heavy atom. The Balaban J connectivity index is 1.75. The number of phenolic OH excluding ortho intramolecular Hbond substituents is 1. The molecule has 1 amide bonds. The number of methoxy groups -OCH3 is 1. The molecule has 0 spiro atoms. The van der Waals surface area contributed by atoms with Gasteiger partial charge < -0.3 is 15.2 Å². The van der Waals surface area contributed by atoms with E-state index in [4.69, 9.17) is 4.74 Å². The van der Waals surface area contributed by atoms with Gasteiger partial charge in [0.2, 0.25) is 0 Å². The zero-order chi connectivity index (χ0) is 19.7. The molecule has 3 aromatic carbocycles. The van der Waals surface area contributed by atoms with Crippen LogP contribution in [0.1, 0.15) is 27.4 Å². The molecule has 0 saturated carbocycles. The van der Waals surface area contributed by atoms with Gasteiger partial charge >= 0.3 is 5.97 Å². The smallest absolute Gasteiger partial charge is 0.329 e. The minimum absolute atomic E-state index is 0.0692. The first-order valence-electron chi connectivity index (χ1n) is 8.96. The van der Waals surface area contributed by atoms with E-state index in [-0.39, 0.29) is 11.7 Å². The van der Waals surface area contributed by atoms with Crippen molar-refractivity contribution in [1.82, 2.24) is 5.32 Å². The van der Waals surface area contributed by atoms with Crippen molar-refractivity contribution in [3.05, 3.63) is 89.5 Å². The summed E-state index contributed by atoms with van der Waals surface area (Å²) in [6, 6.07) is 20.8. The molecule has 0 aromatic heterocycles. The Kier molecular flexibility index (Phi) is 4.57. The van der Waals surface area contributed by atoms with Crippen LogP contribution in [0, 0.1) is 0 Å². The summed E-state index contributed by atoms with van der Waals surface area (Å²) >= 11 is 0. The number of rotatable bonds is 4. The normalized spacial score (nSPS) is 13.3. The predicted molar refractivity (Wildman–Crippen MR) is 105 cm³/mol. The average molecular weight is 373 g/mol. The van der Waals surface area contributed by atoms with Crippen LogP contribution >= 0.6 is 0 Å². The molecule has 0 saturated heterocycles. The van der Waals surface area contributed by atoms with Crippen LogP contribution in [0.15, 0.2) is 72.8 Å². The van der Waals surface area contributed by atoms with Gasteiger partial charge in [-0.15, -0.1) is 0 Å². The van der Waals surface area contributed by atoms with E-state index in [1.165, 1.54) is 31.4 Å². The van der Waals surface area contributed by atoms with Gasteiger partial charge in [-0.25, -0.2) is 4.79 Å². The van der Waals surface area contributed by atoms with Crippen LogP contribution in [0.25, 0.3) is 11.1 Å². The van der Waals surface area contributed by atoms with Crippen LogP contribution in [0.2, 0.25) is 0 Å². The zero-order valence-corrected chi connectivity index (χ0v) is 15.3. The summed E-state index contributed by atoms with van der Waals surface area (Å²) in [6.45, 7) is 0. The first-order valence-corrected chi connectivity index (χ1v) is 8.96. The third kappa shape index (κ3) is 3.01. The Morgan fingerprint density at radius 3 is 1.96 bits per heavy atom. The topological polar surface area (TPSA) is 75.6 Å². The summed E-state index contributed by atoms with van der Waals surface area (Å²) in [7, 11) is 1.31. The van der Waals surface area contributed by atoms with Gasteiger partial charge in [0.05, 0.1) is 7.11 Å². The van der Waals surface area contributed by atoms with Crippen LogP contribution < -0.4 is 5.32 Å². The monoisotopic (exact) mass is 373 g/mol. The van der Waals surface area contributed by atoms with Crippen LogP contribution in [0.5, 0.6) is 5.75 Å². The Hall–Kier alpha value is -3.60. The van der Waals surface area contributed by atoms with Crippen molar-refractivity contribution in [2.75, 3.05) is 7.11 Å². The molecule has 5 heteroatoms. The molecule has 1 aliphatic rings. The first kappa shape index (κ1) is 17.8. The Bertz CT molecular complexity index is 997. The number of aromatic hydroxyl groups is 1. The highest BCUT2D eigenvalue weighted by atomic mass is 16.5. The summed E-state index contributed by atoms with van der Waals surface area (Å²) in [5.74, 6) is -1.19. The van der Waals surface area contributed by atoms with Gasteiger partial charge in [0.1, 0.15) is 11.8 Å². The number of hydrogen-bond acceptors (Lipinski definition) is 4. The van der Waals surface area contributed by atoms with Crippen molar-refractivity contribution in [3.8, 4) is 16.9 Å². The number of ether oxygens (including phenoxy) is 1. The fourth-order valence-electron chi connectivity index (χ4n) is 3.80. The van der Waals surface area contributed by atoms with Crippen LogP contribution in [-0.4, -0.2) is 30.1 Å². The maximum Gasteiger partial charge on any atom is 0.329 e. The van der Waals surface area contributed by atoms with Crippen molar-refractivity contribution >= 4 is 11.9 Å². The summed E-state index contributed by atoms with van der Waals surface area (Å²) in [5.41, 5.74) is 4.41. The fraction of sp³-hybridized carbons (Fsp3) is 0.130. The van der Waals surface area contributed by atoms with E-state index in [1.807, 2.05) is 48.5 Å². The van der Waals surface area contributed by atoms with E-state index in [9.17, 15) is 14.7 Å². The molecule has 3 aromatic rings. The van der Waals surface area contributed by atoms with Crippen molar-refractivity contribution < 1.29 is 19.4 Å². The summed E-state index contributed by atoms with van der Waals surface area (Å²) in [6.07, 6.45) is 0. The van der Waals surface area contributed by atoms with Crippen molar-refractivity contribution in [1.29, 1.82) is 0 Å². The molecule has 1 atom stereocenters. The van der Waals surface area contributed by atoms with Gasteiger partial charge in [0.25, 0.3) is 5.91 Å². The number of hydrogen-bond donors (Lipinski definition) is 2. The third-order valence-electron chi connectivity index (χ3n) is 5.09. The molecule has 0 aliphatic heterocycles. The van der Waals surface area contributed by atoms with Crippen LogP contribution in [-0.2, 0) is 9.53 Å². The van der Waals surface area contributed by atoms with Crippen molar-refractivity contribution in [2.45, 2.75) is 12.0 Å². The highest BCUT2D eigenvalue weighted by molar-refractivity contribution is 5.98. The molecular weight excluding hydrogens is 354 g/mol. The van der Waals surface area contributed by atoms with Gasteiger partial charge in [-0.05, 0) is 46.5 Å². The van der Waals surface area contributed by atoms with Crippen LogP contribution in [0.3, 0.4) is 0 Å². The number of nitrogens with one attached hydrogen (secondary N) is 1. The minimum Gasteiger partial charge on any atom is -0.508 e. The number of esters is 1. The zero-order valence-electron chi connectivity index (χ0n) is 15.3. The minimum atomic E-state index is -0.879. The molecule has 0 unspecified atom stereocenters. The molecule has 0 radical (unpaired) electrons. The third-order valence-corrected chi connectivity index (χ3v) is 5.09. The van der Waals surface area contributed by atoms with E-state index in [1.54, 1.807) is 0 Å². The lowest BCUT2D eigenvalue weighted by Gasteiger charge is -2.24. The van der Waals surface area contributed by atoms with E-state index < -0.39 is 17.9 Å². The second-order valence-corrected chi connectivity index (χ2v) is 6.67. The summed E-state index contributed by atoms with van der Waals surface area (Å²) in [4.78, 5) is 25.4. The highest BCUT2D eigenvalue weighted by Crippen LogP contribution is 2.46. The molecule has 4 rings (SSSR count). The molecule has 140 valence electrons. The van der Waals surface area contributed by atoms with Crippen LogP contribution in [0.4, 0.5) is 0 Å². The van der Waals surface area contributed by atoms with Gasteiger partial charge in [0.15, 0.2) is 0 Å². The number of carbonyl (C=O) groups is 2. The lowest BCUT2D eigenvalue weighted by Crippen LogP contribution is -2.45. The second-order valence-electron chi connectivity index (χ2n) is 6.67. The number of phenols is 1. The molecule has 0 bridgehead atoms. The number of carbonyl (C=O) groups excluding carboxylic acids is 2. The fourth-order valence-corrected chi connectivity index (χ4v) is 3.80. The van der Waals surface area contributed by atoms with Crippen molar-refractivity contribution in [3.63, 3.8) is 0 Å². The number of amides is 1. The summed E-state index contributed by atoms with van der Waals surface area (Å²) in [5, 5.41) is 12.3. The van der Waals surface area contributed by atoms with E-state index in [0.717, 1.165) is 22.3 Å². The van der Waals surface area contributed by atoms with Crippen molar-refractivity contribution in [2.24, 2.45) is 0 Å². The molecule has 0 heterocycles. The lowest BCUT2D eigenvalue weighted by atomic mass is 9.89. The van der Waals surface area contributed by atoms with Gasteiger partial charge in [-0.2, -0.15) is 0 Å². The average Bonchev–Trinajstić information content (AvgIpc) is 3.06. The molecule has 2 N–H and O–H groups in total. The van der Waals surface area contributed by atoms with Gasteiger partial charge in [-0.3, -0.25) is 4.79 Å². The van der Waals surface area contributed by atoms with Gasteiger partial charge in [0, 0.05) is 11.5 Å². The maximum absolute atomic E-state index is 12.8. The highest BCUT2D eigenvalue weighted by Gasteiger charge is 2.39. The van der Waals surface area contributed by atoms with E-state index >= 15 is 0 Å². The quantitative estimate of drug-likeness (QED) is 0.687. The molecule has 5 nitrogen and oxygen atoms in total. The SMILES string of the molecule is COC(=O)[C@H](NC(=O)c1ccc(O)cc1)C1c2ccccc2-c2ccccc21. The maximum atomic E-state index is 12.8. The molecule has 1 aliphatic carbocycles. The molecule has 28 heavy (non-hydrogen) atoms. The standard InChI is InChI=1S/C23H19NO4/c1-28-23(27)21(24-22(26)14-10-12-15(25)13-11-14)20-18-8-4-2-6-16(18)17-7-3-5-9-19(17)20/h2-13,20-21,25H,1H3,(H,24,26)/t21-/m1/s1. The largest absolute Gasteiger partial charge is 0.508 e. The Labute approximate surface area is 162 Å². The molecule has 0 fully saturated rings. The van der Waals surface area contributed by atoms with E-state index in [2.05, 4.69) is 5.32 Å². The number of fused-ring (bicyclic) bond motifs is 3. The molecular formula is C23H19NO4. The van der Waals surface area contributed by atoms with E-state index in [0.29, 0.717) is 5.56 Å². The Morgan fingerprint density at radius 2 is 1.43 bits per heavy atom. The lowest BCUT2D eigenvalue weighted by molar-refractivity contribution is -0.143. The van der Waals surface area contributed by atoms with Gasteiger partial charge in [-0.1, -0.05) is 48.5 Å².